The second-order valence-electron chi connectivity index (χ2n) is 3.84. The maximum atomic E-state index is 11.8. The summed E-state index contributed by atoms with van der Waals surface area (Å²) in [6, 6.07) is 9.35. The summed E-state index contributed by atoms with van der Waals surface area (Å²) in [6.07, 6.45) is 0. The summed E-state index contributed by atoms with van der Waals surface area (Å²) in [5.74, 6) is 0.898. The molecule has 2 N–H and O–H groups in total. The van der Waals surface area contributed by atoms with E-state index < -0.39 is 5.69 Å². The van der Waals surface area contributed by atoms with Gasteiger partial charge in [0.05, 0.1) is 11.4 Å². The molecule has 2 aromatic rings. The van der Waals surface area contributed by atoms with Crippen molar-refractivity contribution in [1.29, 1.82) is 0 Å². The van der Waals surface area contributed by atoms with Gasteiger partial charge in [0.15, 0.2) is 5.82 Å². The summed E-state index contributed by atoms with van der Waals surface area (Å²) in [6.45, 7) is 0. The van der Waals surface area contributed by atoms with E-state index in [1.807, 2.05) is 30.3 Å². The van der Waals surface area contributed by atoms with Gasteiger partial charge in [0.1, 0.15) is 0 Å². The van der Waals surface area contributed by atoms with Crippen LogP contribution in [-0.2, 0) is 26.6 Å². The molecule has 7 nitrogen and oxygen atoms in total. The minimum atomic E-state index is -2.39. The molecule has 114 valence electrons. The number of rotatable bonds is 7. The van der Waals surface area contributed by atoms with E-state index in [0.29, 0.717) is 11.6 Å². The number of para-hydroxylation sites is 1. The van der Waals surface area contributed by atoms with E-state index in [4.69, 9.17) is 20.9 Å². The van der Waals surface area contributed by atoms with Crippen LogP contribution in [0.1, 0.15) is 5.82 Å². The Hall–Kier alpha value is -1.12. The molecule has 0 spiro atoms. The van der Waals surface area contributed by atoms with Crippen LogP contribution in [0.3, 0.4) is 0 Å². The van der Waals surface area contributed by atoms with Crippen LogP contribution in [0, 0.1) is 0 Å². The van der Waals surface area contributed by atoms with Gasteiger partial charge in [-0.05, 0) is 23.9 Å². The summed E-state index contributed by atoms with van der Waals surface area (Å²) in [7, 11) is 3.02. The fourth-order valence-corrected chi connectivity index (χ4v) is 4.25. The minimum absolute atomic E-state index is 0.349. The van der Waals surface area contributed by atoms with Crippen molar-refractivity contribution >= 4 is 34.6 Å². The van der Waals surface area contributed by atoms with Crippen molar-refractivity contribution in [3.8, 4) is 0 Å². The van der Waals surface area contributed by atoms with Crippen LogP contribution in [-0.4, -0.2) is 29.1 Å². The van der Waals surface area contributed by atoms with E-state index in [1.54, 1.807) is 0 Å². The molecular formula is C11H15N4O3PS2. The van der Waals surface area contributed by atoms with Crippen molar-refractivity contribution in [3.05, 3.63) is 46.6 Å². The maximum absolute atomic E-state index is 11.8. The van der Waals surface area contributed by atoms with E-state index in [-0.39, 0.29) is 5.69 Å². The van der Waals surface area contributed by atoms with Crippen LogP contribution in [0.5, 0.6) is 0 Å². The Bertz CT molecular complexity index is 680. The first-order valence-corrected chi connectivity index (χ1v) is 10.2. The predicted octanol–water partition coefficient (Wildman–Crippen LogP) is 2.20. The first-order valence-electron chi connectivity index (χ1n) is 5.92. The molecule has 0 aliphatic heterocycles. The van der Waals surface area contributed by atoms with Gasteiger partial charge >= 0.3 is 5.69 Å². The third-order valence-corrected chi connectivity index (χ3v) is 8.23. The number of hydrogen-bond acceptors (Lipinski definition) is 7. The zero-order valence-electron chi connectivity index (χ0n) is 11.5. The largest absolute Gasteiger partial charge is 0.362 e. The molecule has 0 bridgehead atoms. The van der Waals surface area contributed by atoms with E-state index in [1.165, 1.54) is 30.3 Å². The summed E-state index contributed by atoms with van der Waals surface area (Å²) < 4.78 is 11.7. The Kier molecular flexibility index (Phi) is 5.60. The average molecular weight is 346 g/mol. The third kappa shape index (κ3) is 4.18. The highest BCUT2D eigenvalue weighted by Crippen LogP contribution is 2.60. The maximum Gasteiger partial charge on any atom is 0.362 e. The number of anilines is 1. The summed E-state index contributed by atoms with van der Waals surface area (Å²) in [4.78, 5) is 11.8. The molecule has 21 heavy (non-hydrogen) atoms. The molecule has 1 aromatic carbocycles. The van der Waals surface area contributed by atoms with Crippen molar-refractivity contribution < 1.29 is 9.05 Å². The summed E-state index contributed by atoms with van der Waals surface area (Å²) in [5.41, 5.74) is 1.03. The fourth-order valence-electron chi connectivity index (χ4n) is 1.50. The molecule has 0 aliphatic carbocycles. The lowest BCUT2D eigenvalue weighted by Crippen LogP contribution is -2.25. The lowest BCUT2D eigenvalue weighted by atomic mass is 10.3. The van der Waals surface area contributed by atoms with Gasteiger partial charge in [-0.3, -0.25) is 5.43 Å². The predicted molar refractivity (Wildman–Crippen MR) is 87.9 cm³/mol. The SMILES string of the molecule is COP(=S)(OC)SCc1n[nH]c(=O)n1Nc1ccccc1. The van der Waals surface area contributed by atoms with E-state index in [0.717, 1.165) is 5.69 Å². The van der Waals surface area contributed by atoms with Crippen molar-refractivity contribution in [2.45, 2.75) is 5.75 Å². The first kappa shape index (κ1) is 16.3. The highest BCUT2D eigenvalue weighted by molar-refractivity contribution is 8.67. The van der Waals surface area contributed by atoms with Gasteiger partial charge in [0, 0.05) is 14.2 Å². The number of hydrogen-bond donors (Lipinski definition) is 2. The minimum Gasteiger partial charge on any atom is -0.325 e. The lowest BCUT2D eigenvalue weighted by Gasteiger charge is -2.16. The summed E-state index contributed by atoms with van der Waals surface area (Å²) >= 11 is 6.58. The highest BCUT2D eigenvalue weighted by atomic mass is 32.9. The molecule has 0 saturated carbocycles. The second-order valence-corrected chi connectivity index (χ2v) is 10.4. The van der Waals surface area contributed by atoms with E-state index in [9.17, 15) is 4.79 Å². The first-order chi connectivity index (χ1) is 10.1. The molecule has 1 heterocycles. The Balaban J connectivity index is 2.15. The molecule has 0 amide bonds. The van der Waals surface area contributed by atoms with Crippen LogP contribution >= 0.6 is 17.1 Å². The standard InChI is InChI=1S/C11H15N4O3PS2/c1-17-19(20,18-2)21-8-10-12-13-11(16)15(10)14-9-6-4-3-5-7-9/h3-7,14H,8H2,1-2H3,(H,13,16). The molecular weight excluding hydrogens is 331 g/mol. The Morgan fingerprint density at radius 3 is 2.67 bits per heavy atom. The van der Waals surface area contributed by atoms with Crippen molar-refractivity contribution in [1.82, 2.24) is 14.9 Å². The van der Waals surface area contributed by atoms with Crippen LogP contribution in [0.2, 0.25) is 0 Å². The van der Waals surface area contributed by atoms with Gasteiger partial charge in [-0.2, -0.15) is 9.77 Å². The van der Waals surface area contributed by atoms with Crippen LogP contribution in [0.4, 0.5) is 5.69 Å². The van der Waals surface area contributed by atoms with Crippen molar-refractivity contribution in [2.75, 3.05) is 19.6 Å². The smallest absolute Gasteiger partial charge is 0.325 e. The molecule has 0 unspecified atom stereocenters. The van der Waals surface area contributed by atoms with Crippen molar-refractivity contribution in [2.24, 2.45) is 0 Å². The molecule has 0 aliphatic rings. The number of H-pyrrole nitrogens is 1. The van der Waals surface area contributed by atoms with Crippen LogP contribution < -0.4 is 11.1 Å². The number of nitrogens with zero attached hydrogens (tertiary/aromatic N) is 2. The summed E-state index contributed by atoms with van der Waals surface area (Å²) in [5, 5.41) is 6.39. The van der Waals surface area contributed by atoms with Gasteiger partial charge < -0.3 is 9.05 Å². The zero-order valence-corrected chi connectivity index (χ0v) is 14.0. The average Bonchev–Trinajstić information content (AvgIpc) is 2.87. The lowest BCUT2D eigenvalue weighted by molar-refractivity contribution is 0.354. The molecule has 10 heteroatoms. The molecule has 0 radical (unpaired) electrons. The molecule has 0 atom stereocenters. The van der Waals surface area contributed by atoms with Crippen LogP contribution in [0.25, 0.3) is 0 Å². The second kappa shape index (κ2) is 7.24. The fraction of sp³-hybridized carbons (Fsp3) is 0.273. The van der Waals surface area contributed by atoms with Gasteiger partial charge in [0.25, 0.3) is 0 Å². The Morgan fingerprint density at radius 1 is 1.38 bits per heavy atom. The van der Waals surface area contributed by atoms with Gasteiger partial charge in [-0.25, -0.2) is 9.89 Å². The van der Waals surface area contributed by atoms with Crippen molar-refractivity contribution in [3.63, 3.8) is 0 Å². The highest BCUT2D eigenvalue weighted by Gasteiger charge is 2.19. The molecule has 2 rings (SSSR count). The molecule has 1 aromatic heterocycles. The number of aromatic amines is 1. The molecule has 0 saturated heterocycles. The van der Waals surface area contributed by atoms with Gasteiger partial charge in [-0.15, -0.1) is 0 Å². The monoisotopic (exact) mass is 346 g/mol. The van der Waals surface area contributed by atoms with Crippen LogP contribution in [0.15, 0.2) is 35.1 Å². The third-order valence-electron chi connectivity index (χ3n) is 2.56. The zero-order chi connectivity index (χ0) is 15.3. The number of benzene rings is 1. The quantitative estimate of drug-likeness (QED) is 0.744. The number of aromatic nitrogens is 3. The molecule has 0 fully saturated rings. The topological polar surface area (TPSA) is 81.2 Å². The van der Waals surface area contributed by atoms with Gasteiger partial charge in [0.2, 0.25) is 5.69 Å². The Morgan fingerprint density at radius 2 is 2.05 bits per heavy atom. The Labute approximate surface area is 130 Å². The van der Waals surface area contributed by atoms with E-state index in [2.05, 4.69) is 15.6 Å². The van der Waals surface area contributed by atoms with Gasteiger partial charge in [-0.1, -0.05) is 29.6 Å². The van der Waals surface area contributed by atoms with E-state index >= 15 is 0 Å². The number of nitrogens with one attached hydrogen (secondary N) is 2. The normalized spacial score (nSPS) is 11.5.